The molecule has 1 aromatic heterocycles. The highest BCUT2D eigenvalue weighted by Gasteiger charge is 2.19. The number of hydrogen-bond acceptors (Lipinski definition) is 4. The number of carbonyl (C=O) groups excluding carboxylic acids is 1. The molecule has 0 atom stereocenters. The molecule has 1 heterocycles. The van der Waals surface area contributed by atoms with Crippen LogP contribution in [0.1, 0.15) is 42.6 Å². The van der Waals surface area contributed by atoms with E-state index in [4.69, 9.17) is 4.74 Å². The van der Waals surface area contributed by atoms with Crippen molar-refractivity contribution in [2.24, 2.45) is 5.92 Å². The van der Waals surface area contributed by atoms with Crippen molar-refractivity contribution in [1.82, 2.24) is 10.3 Å². The summed E-state index contributed by atoms with van der Waals surface area (Å²) >= 11 is 0. The zero-order chi connectivity index (χ0) is 13.7. The molecular weight excluding hydrogens is 244 g/mol. The van der Waals surface area contributed by atoms with Crippen LogP contribution in [-0.4, -0.2) is 29.7 Å². The molecule has 0 unspecified atom stereocenters. The third-order valence-electron chi connectivity index (χ3n) is 3.60. The second kappa shape index (κ2) is 6.41. The molecular formula is C14H20N2O3. The van der Waals surface area contributed by atoms with Gasteiger partial charge in [0.25, 0.3) is 5.91 Å². The number of aromatic hydroxyl groups is 1. The Labute approximate surface area is 113 Å². The molecule has 0 aromatic carbocycles. The van der Waals surface area contributed by atoms with Crippen molar-refractivity contribution in [1.29, 1.82) is 0 Å². The van der Waals surface area contributed by atoms with Gasteiger partial charge in [0.05, 0.1) is 7.11 Å². The third kappa shape index (κ3) is 3.36. The fraction of sp³-hybridized carbons (Fsp3) is 0.571. The van der Waals surface area contributed by atoms with Crippen molar-refractivity contribution in [2.75, 3.05) is 13.7 Å². The van der Waals surface area contributed by atoms with E-state index < -0.39 is 0 Å². The zero-order valence-corrected chi connectivity index (χ0v) is 11.2. The monoisotopic (exact) mass is 264 g/mol. The maximum atomic E-state index is 12.0. The zero-order valence-electron chi connectivity index (χ0n) is 11.2. The van der Waals surface area contributed by atoms with Gasteiger partial charge in [0, 0.05) is 18.8 Å². The van der Waals surface area contributed by atoms with E-state index in [2.05, 4.69) is 10.3 Å². The van der Waals surface area contributed by atoms with Crippen LogP contribution in [0.5, 0.6) is 11.5 Å². The molecule has 1 fully saturated rings. The first-order valence-electron chi connectivity index (χ1n) is 6.72. The molecule has 0 bridgehead atoms. The Morgan fingerprint density at radius 1 is 1.47 bits per heavy atom. The Morgan fingerprint density at radius 2 is 2.21 bits per heavy atom. The number of pyridine rings is 1. The first kappa shape index (κ1) is 13.6. The average Bonchev–Trinajstić information content (AvgIpc) is 2.46. The lowest BCUT2D eigenvalue weighted by molar-refractivity contribution is 0.0935. The van der Waals surface area contributed by atoms with Crippen molar-refractivity contribution in [3.63, 3.8) is 0 Å². The molecule has 19 heavy (non-hydrogen) atoms. The van der Waals surface area contributed by atoms with E-state index in [1.54, 1.807) is 0 Å². The van der Waals surface area contributed by atoms with Gasteiger partial charge in [-0.25, -0.2) is 4.98 Å². The molecule has 0 aliphatic heterocycles. The maximum Gasteiger partial charge on any atom is 0.273 e. The lowest BCUT2D eigenvalue weighted by Gasteiger charge is -2.21. The molecule has 1 aliphatic rings. The number of carbonyl (C=O) groups is 1. The van der Waals surface area contributed by atoms with Crippen LogP contribution in [0.15, 0.2) is 12.3 Å². The Bertz CT molecular complexity index is 442. The summed E-state index contributed by atoms with van der Waals surface area (Å²) in [7, 11) is 1.44. The third-order valence-corrected chi connectivity index (χ3v) is 3.60. The van der Waals surface area contributed by atoms with E-state index in [0.29, 0.717) is 12.5 Å². The molecule has 1 aromatic rings. The summed E-state index contributed by atoms with van der Waals surface area (Å²) in [6, 6.07) is 1.52. The summed E-state index contributed by atoms with van der Waals surface area (Å²) in [5.74, 6) is 0.261. The first-order valence-corrected chi connectivity index (χ1v) is 6.72. The van der Waals surface area contributed by atoms with E-state index in [0.717, 1.165) is 12.8 Å². The number of hydrogen-bond donors (Lipinski definition) is 2. The molecule has 2 N–H and O–H groups in total. The summed E-state index contributed by atoms with van der Waals surface area (Å²) in [6.45, 7) is 0.650. The summed E-state index contributed by atoms with van der Waals surface area (Å²) in [5, 5.41) is 12.7. The maximum absolute atomic E-state index is 12.0. The van der Waals surface area contributed by atoms with Gasteiger partial charge in [-0.05, 0) is 18.8 Å². The van der Waals surface area contributed by atoms with E-state index >= 15 is 0 Å². The normalized spacial score (nSPS) is 16.1. The van der Waals surface area contributed by atoms with Crippen LogP contribution in [0.3, 0.4) is 0 Å². The highest BCUT2D eigenvalue weighted by Crippen LogP contribution is 2.27. The predicted molar refractivity (Wildman–Crippen MR) is 71.4 cm³/mol. The summed E-state index contributed by atoms with van der Waals surface area (Å²) in [6.07, 6.45) is 7.55. The minimum Gasteiger partial charge on any atom is -0.503 e. The van der Waals surface area contributed by atoms with Gasteiger partial charge < -0.3 is 15.2 Å². The summed E-state index contributed by atoms with van der Waals surface area (Å²) in [4.78, 5) is 15.9. The van der Waals surface area contributed by atoms with Crippen LogP contribution in [0, 0.1) is 5.92 Å². The number of ether oxygens (including phenoxy) is 1. The molecule has 0 radical (unpaired) electrons. The van der Waals surface area contributed by atoms with Gasteiger partial charge >= 0.3 is 0 Å². The van der Waals surface area contributed by atoms with E-state index in [1.165, 1.54) is 38.6 Å². The van der Waals surface area contributed by atoms with Gasteiger partial charge in [-0.2, -0.15) is 0 Å². The van der Waals surface area contributed by atoms with Crippen molar-refractivity contribution in [3.05, 3.63) is 18.0 Å². The van der Waals surface area contributed by atoms with Crippen LogP contribution in [0.25, 0.3) is 0 Å². The Hall–Kier alpha value is -1.78. The molecule has 5 nitrogen and oxygen atoms in total. The lowest BCUT2D eigenvalue weighted by atomic mass is 9.89. The van der Waals surface area contributed by atoms with Gasteiger partial charge in [-0.15, -0.1) is 0 Å². The summed E-state index contributed by atoms with van der Waals surface area (Å²) < 4.78 is 4.96. The standard InChI is InChI=1S/C14H20N2O3/c1-19-11-7-8-15-12(13(11)17)14(18)16-9-10-5-3-2-4-6-10/h7-8,10,17H,2-6,9H2,1H3,(H,16,18). The topological polar surface area (TPSA) is 71.5 Å². The van der Waals surface area contributed by atoms with Crippen molar-refractivity contribution < 1.29 is 14.6 Å². The molecule has 104 valence electrons. The molecule has 5 heteroatoms. The molecule has 1 amide bonds. The Morgan fingerprint density at radius 3 is 2.89 bits per heavy atom. The number of nitrogens with zero attached hydrogens (tertiary/aromatic N) is 1. The average molecular weight is 264 g/mol. The molecule has 1 aliphatic carbocycles. The van der Waals surface area contributed by atoms with Gasteiger partial charge in [0.1, 0.15) is 0 Å². The van der Waals surface area contributed by atoms with Crippen molar-refractivity contribution in [2.45, 2.75) is 32.1 Å². The predicted octanol–water partition coefficient (Wildman–Crippen LogP) is 2.11. The highest BCUT2D eigenvalue weighted by atomic mass is 16.5. The van der Waals surface area contributed by atoms with Gasteiger partial charge in [0.2, 0.25) is 0 Å². The number of aromatic nitrogens is 1. The SMILES string of the molecule is COc1ccnc(C(=O)NCC2CCCCC2)c1O. The minimum atomic E-state index is -0.345. The smallest absolute Gasteiger partial charge is 0.273 e. The second-order valence-electron chi connectivity index (χ2n) is 4.92. The Kier molecular flexibility index (Phi) is 4.60. The quantitative estimate of drug-likeness (QED) is 0.873. The number of nitrogens with one attached hydrogen (secondary N) is 1. The number of amides is 1. The van der Waals surface area contributed by atoms with Crippen LogP contribution in [0.4, 0.5) is 0 Å². The minimum absolute atomic E-state index is 0.0233. The number of methoxy groups -OCH3 is 1. The van der Waals surface area contributed by atoms with Gasteiger partial charge in [-0.1, -0.05) is 19.3 Å². The summed E-state index contributed by atoms with van der Waals surface area (Å²) in [5.41, 5.74) is 0.0233. The van der Waals surface area contributed by atoms with E-state index in [9.17, 15) is 9.90 Å². The highest BCUT2D eigenvalue weighted by molar-refractivity contribution is 5.95. The van der Waals surface area contributed by atoms with Gasteiger partial charge in [-0.3, -0.25) is 4.79 Å². The largest absolute Gasteiger partial charge is 0.503 e. The van der Waals surface area contributed by atoms with Crippen LogP contribution in [-0.2, 0) is 0 Å². The fourth-order valence-electron chi connectivity index (χ4n) is 2.48. The Balaban J connectivity index is 1.95. The molecule has 2 rings (SSSR count). The number of rotatable bonds is 4. The van der Waals surface area contributed by atoms with E-state index in [1.807, 2.05) is 0 Å². The van der Waals surface area contributed by atoms with Gasteiger partial charge in [0.15, 0.2) is 17.2 Å². The molecule has 0 saturated heterocycles. The lowest BCUT2D eigenvalue weighted by Crippen LogP contribution is -2.30. The second-order valence-corrected chi connectivity index (χ2v) is 4.92. The molecule has 0 spiro atoms. The van der Waals surface area contributed by atoms with Crippen LogP contribution >= 0.6 is 0 Å². The fourth-order valence-corrected chi connectivity index (χ4v) is 2.48. The molecule has 1 saturated carbocycles. The van der Waals surface area contributed by atoms with Crippen molar-refractivity contribution >= 4 is 5.91 Å². The first-order chi connectivity index (χ1) is 9.22. The van der Waals surface area contributed by atoms with Crippen molar-refractivity contribution in [3.8, 4) is 11.5 Å². The van der Waals surface area contributed by atoms with Crippen LogP contribution in [0.2, 0.25) is 0 Å². The van der Waals surface area contributed by atoms with E-state index in [-0.39, 0.29) is 23.1 Å². The van der Waals surface area contributed by atoms with Crippen LogP contribution < -0.4 is 10.1 Å².